The molecule has 1 aliphatic carbocycles. The number of aromatic nitrogens is 5. The normalized spacial score (nSPS) is 24.0. The second-order valence-corrected chi connectivity index (χ2v) is 12.7. The standard InChI is InChI=1S/C32H35F3N8O2/c33-32(34,35)28-13-21(16-41-12-7-24(44)18-41)14-29(40-28)45-25-3-1-23(2-4-25)42-19-31(20-42,8-9-36)43-17-22(15-39-43)30-26-5-10-37-27(26)6-11-38-30/h5-6,10-11,13-15,17,23-25,37,44H,1-4,7-8,12,16,18-20H2/t23?,24-,25?/m1/s1. The number of rotatable bonds is 8. The van der Waals surface area contributed by atoms with Gasteiger partial charge in [0.15, 0.2) is 0 Å². The van der Waals surface area contributed by atoms with E-state index in [2.05, 4.69) is 31.0 Å². The van der Waals surface area contributed by atoms with Crippen molar-refractivity contribution in [2.75, 3.05) is 26.2 Å². The molecule has 3 aliphatic rings. The van der Waals surface area contributed by atoms with Crippen molar-refractivity contribution in [2.45, 2.75) is 75.0 Å². The molecule has 2 N–H and O–H groups in total. The molecule has 0 spiro atoms. The molecule has 236 valence electrons. The number of aliphatic hydroxyl groups excluding tert-OH is 1. The van der Waals surface area contributed by atoms with Crippen molar-refractivity contribution in [3.63, 3.8) is 0 Å². The van der Waals surface area contributed by atoms with Crippen LogP contribution in [0, 0.1) is 11.3 Å². The number of fused-ring (bicyclic) bond motifs is 1. The van der Waals surface area contributed by atoms with Gasteiger partial charge in [0.2, 0.25) is 5.88 Å². The van der Waals surface area contributed by atoms with Gasteiger partial charge in [-0.2, -0.15) is 23.5 Å². The Morgan fingerprint density at radius 1 is 1.13 bits per heavy atom. The van der Waals surface area contributed by atoms with Gasteiger partial charge in [-0.05, 0) is 55.9 Å². The van der Waals surface area contributed by atoms with Gasteiger partial charge in [0.05, 0.1) is 30.5 Å². The molecule has 0 amide bonds. The van der Waals surface area contributed by atoms with Crippen LogP contribution < -0.4 is 4.74 Å². The molecule has 1 atom stereocenters. The van der Waals surface area contributed by atoms with E-state index in [-0.39, 0.29) is 12.0 Å². The fourth-order valence-corrected chi connectivity index (χ4v) is 7.14. The van der Waals surface area contributed by atoms with Crippen molar-refractivity contribution < 1.29 is 23.0 Å². The van der Waals surface area contributed by atoms with Gasteiger partial charge in [0.25, 0.3) is 0 Å². The minimum atomic E-state index is -4.58. The zero-order valence-electron chi connectivity index (χ0n) is 24.7. The lowest BCUT2D eigenvalue weighted by atomic mass is 9.82. The van der Waals surface area contributed by atoms with Crippen LogP contribution in [0.25, 0.3) is 22.2 Å². The van der Waals surface area contributed by atoms with Crippen molar-refractivity contribution in [1.82, 2.24) is 34.5 Å². The lowest BCUT2D eigenvalue weighted by Gasteiger charge is -2.53. The molecule has 1 saturated carbocycles. The van der Waals surface area contributed by atoms with Crippen LogP contribution in [-0.4, -0.2) is 84.1 Å². The van der Waals surface area contributed by atoms with Crippen LogP contribution in [0.1, 0.15) is 49.8 Å². The van der Waals surface area contributed by atoms with E-state index in [1.165, 1.54) is 0 Å². The molecular weight excluding hydrogens is 585 g/mol. The molecule has 13 heteroatoms. The predicted molar refractivity (Wildman–Crippen MR) is 159 cm³/mol. The molecule has 2 saturated heterocycles. The van der Waals surface area contributed by atoms with Crippen LogP contribution in [0.5, 0.6) is 5.88 Å². The number of likely N-dealkylation sites (tertiary alicyclic amines) is 2. The third-order valence-corrected chi connectivity index (χ3v) is 9.48. The van der Waals surface area contributed by atoms with E-state index in [1.807, 2.05) is 34.1 Å². The number of aromatic amines is 1. The number of hydrogen-bond donors (Lipinski definition) is 2. The van der Waals surface area contributed by atoms with Crippen molar-refractivity contribution in [2.24, 2.45) is 0 Å². The summed E-state index contributed by atoms with van der Waals surface area (Å²) in [5.74, 6) is -0.000634. The monoisotopic (exact) mass is 620 g/mol. The zero-order valence-corrected chi connectivity index (χ0v) is 24.7. The number of aliphatic hydroxyl groups is 1. The van der Waals surface area contributed by atoms with E-state index in [0.29, 0.717) is 70.0 Å². The summed E-state index contributed by atoms with van der Waals surface area (Å²) in [7, 11) is 0. The lowest BCUT2D eigenvalue weighted by molar-refractivity contribution is -0.141. The Morgan fingerprint density at radius 2 is 1.96 bits per heavy atom. The summed E-state index contributed by atoms with van der Waals surface area (Å²) in [6.45, 7) is 2.78. The summed E-state index contributed by atoms with van der Waals surface area (Å²) in [6, 6.07) is 9.25. The highest BCUT2D eigenvalue weighted by atomic mass is 19.4. The minimum absolute atomic E-state index is 0.000634. The fourth-order valence-electron chi connectivity index (χ4n) is 7.14. The number of halogens is 3. The molecule has 6 heterocycles. The number of nitriles is 1. The van der Waals surface area contributed by atoms with Crippen LogP contribution in [0.3, 0.4) is 0 Å². The number of ether oxygens (including phenoxy) is 1. The number of pyridine rings is 2. The van der Waals surface area contributed by atoms with E-state index in [4.69, 9.17) is 4.74 Å². The average Bonchev–Trinajstić information content (AvgIpc) is 3.76. The summed E-state index contributed by atoms with van der Waals surface area (Å²) in [5, 5.41) is 25.2. The van der Waals surface area contributed by atoms with Gasteiger partial charge < -0.3 is 14.8 Å². The van der Waals surface area contributed by atoms with Gasteiger partial charge in [-0.15, -0.1) is 0 Å². The first-order valence-electron chi connectivity index (χ1n) is 15.4. The summed E-state index contributed by atoms with van der Waals surface area (Å²) in [6.07, 6.45) is 6.24. The summed E-state index contributed by atoms with van der Waals surface area (Å²) < 4.78 is 48.9. The molecule has 0 aromatic carbocycles. The smallest absolute Gasteiger partial charge is 0.433 e. The lowest BCUT2D eigenvalue weighted by Crippen LogP contribution is -2.65. The molecule has 10 nitrogen and oxygen atoms in total. The number of H-pyrrole nitrogens is 1. The molecule has 0 radical (unpaired) electrons. The Bertz CT molecular complexity index is 1700. The third-order valence-electron chi connectivity index (χ3n) is 9.48. The van der Waals surface area contributed by atoms with Crippen molar-refractivity contribution >= 4 is 10.9 Å². The van der Waals surface area contributed by atoms with Crippen LogP contribution in [-0.2, 0) is 18.3 Å². The zero-order chi connectivity index (χ0) is 31.2. The SMILES string of the molecule is N#CCC1(n2cc(-c3nccc4[nH]ccc34)cn2)CN(C2CCC(Oc3cc(CN4CC[C@@H](O)C4)cc(C(F)(F)F)n3)CC2)C1. The quantitative estimate of drug-likeness (QED) is 0.291. The van der Waals surface area contributed by atoms with E-state index >= 15 is 0 Å². The Labute approximate surface area is 258 Å². The number of nitrogens with one attached hydrogen (secondary N) is 1. The van der Waals surface area contributed by atoms with Gasteiger partial charge >= 0.3 is 6.18 Å². The second kappa shape index (κ2) is 11.7. The van der Waals surface area contributed by atoms with E-state index < -0.39 is 23.5 Å². The highest BCUT2D eigenvalue weighted by Gasteiger charge is 2.48. The maximum Gasteiger partial charge on any atom is 0.433 e. The van der Waals surface area contributed by atoms with Crippen molar-refractivity contribution in [1.29, 1.82) is 5.26 Å². The van der Waals surface area contributed by atoms with E-state index in [1.54, 1.807) is 18.5 Å². The van der Waals surface area contributed by atoms with Crippen LogP contribution in [0.2, 0.25) is 0 Å². The highest BCUT2D eigenvalue weighted by molar-refractivity contribution is 5.92. The third kappa shape index (κ3) is 6.02. The average molecular weight is 621 g/mol. The van der Waals surface area contributed by atoms with Crippen LogP contribution >= 0.6 is 0 Å². The van der Waals surface area contributed by atoms with E-state index in [9.17, 15) is 23.5 Å². The molecule has 7 rings (SSSR count). The maximum absolute atomic E-state index is 13.7. The van der Waals surface area contributed by atoms with Crippen LogP contribution in [0.15, 0.2) is 49.1 Å². The van der Waals surface area contributed by atoms with Gasteiger partial charge in [-0.25, -0.2) is 4.98 Å². The Balaban J connectivity index is 0.982. The fraction of sp³-hybridized carbons (Fsp3) is 0.500. The number of alkyl halides is 3. The second-order valence-electron chi connectivity index (χ2n) is 12.7. The first-order chi connectivity index (χ1) is 21.7. The van der Waals surface area contributed by atoms with Gasteiger partial charge in [-0.3, -0.25) is 19.5 Å². The molecule has 0 unspecified atom stereocenters. The Morgan fingerprint density at radius 3 is 2.69 bits per heavy atom. The van der Waals surface area contributed by atoms with E-state index in [0.717, 1.165) is 41.1 Å². The Hall–Kier alpha value is -3.99. The minimum Gasteiger partial charge on any atom is -0.474 e. The molecule has 4 aromatic rings. The first-order valence-corrected chi connectivity index (χ1v) is 15.4. The van der Waals surface area contributed by atoms with Gasteiger partial charge in [-0.1, -0.05) is 0 Å². The maximum atomic E-state index is 13.7. The van der Waals surface area contributed by atoms with Crippen LogP contribution in [0.4, 0.5) is 13.2 Å². The van der Waals surface area contributed by atoms with Gasteiger partial charge in [0.1, 0.15) is 17.3 Å². The summed E-state index contributed by atoms with van der Waals surface area (Å²) in [5.41, 5.74) is 1.85. The summed E-state index contributed by atoms with van der Waals surface area (Å²) >= 11 is 0. The van der Waals surface area contributed by atoms with Crippen molar-refractivity contribution in [3.8, 4) is 23.2 Å². The molecule has 2 aliphatic heterocycles. The largest absolute Gasteiger partial charge is 0.474 e. The first kappa shape index (κ1) is 29.7. The predicted octanol–water partition coefficient (Wildman–Crippen LogP) is 4.72. The number of β-amino-alcohol motifs (C(OH)–C–C–N with tert-alkyl or cyclic N) is 1. The van der Waals surface area contributed by atoms with Gasteiger partial charge in [0, 0.05) is 79.9 Å². The molecule has 45 heavy (non-hydrogen) atoms. The summed E-state index contributed by atoms with van der Waals surface area (Å²) in [4.78, 5) is 15.9. The highest BCUT2D eigenvalue weighted by Crippen LogP contribution is 2.39. The topological polar surface area (TPSA) is 119 Å². The molecule has 3 fully saturated rings. The van der Waals surface area contributed by atoms with Crippen molar-refractivity contribution in [3.05, 3.63) is 60.3 Å². The Kier molecular flexibility index (Phi) is 7.75. The molecular formula is C32H35F3N8O2. The molecule has 0 bridgehead atoms. The number of hydrogen-bond acceptors (Lipinski definition) is 8. The molecule has 4 aromatic heterocycles. The number of nitrogens with zero attached hydrogens (tertiary/aromatic N) is 7.